The second-order valence-electron chi connectivity index (χ2n) is 9.19. The Morgan fingerprint density at radius 1 is 0.600 bits per heavy atom. The Bertz CT molecular complexity index is 300. The average molecular weight is 427 g/mol. The minimum atomic E-state index is -0.0462. The van der Waals surface area contributed by atoms with Crippen molar-refractivity contribution < 1.29 is 9.90 Å². The number of carbonyl (C=O) groups excluding carboxylic acids is 1. The fourth-order valence-electron chi connectivity index (χ4n) is 3.69. The predicted octanol–water partition coefficient (Wildman–Crippen LogP) is 9.56. The molecule has 2 nitrogen and oxygen atoms in total. The lowest BCUT2D eigenvalue weighted by Gasteiger charge is -2.06. The zero-order valence-electron chi connectivity index (χ0n) is 21.5. The molecule has 1 aliphatic carbocycles. The number of hydrogen-bond donors (Lipinski definition) is 1. The van der Waals surface area contributed by atoms with E-state index in [2.05, 4.69) is 27.7 Å². The maximum atomic E-state index is 10.5. The summed E-state index contributed by atoms with van der Waals surface area (Å²) in [6.45, 7) is 8.83. The van der Waals surface area contributed by atoms with Crippen molar-refractivity contribution in [2.45, 2.75) is 175 Å². The van der Waals surface area contributed by atoms with Crippen LogP contribution in [0.1, 0.15) is 169 Å². The Morgan fingerprint density at radius 2 is 0.967 bits per heavy atom. The van der Waals surface area contributed by atoms with Crippen LogP contribution in [-0.2, 0) is 4.79 Å². The van der Waals surface area contributed by atoms with Gasteiger partial charge in [-0.1, -0.05) is 130 Å². The quantitative estimate of drug-likeness (QED) is 0.249. The molecule has 1 atom stereocenters. The van der Waals surface area contributed by atoms with E-state index in [9.17, 15) is 9.90 Å². The van der Waals surface area contributed by atoms with Gasteiger partial charge < -0.3 is 5.11 Å². The zero-order chi connectivity index (χ0) is 22.7. The molecule has 0 amide bonds. The summed E-state index contributed by atoms with van der Waals surface area (Å²) in [4.78, 5) is 10.5. The second-order valence-corrected chi connectivity index (χ2v) is 9.19. The summed E-state index contributed by atoms with van der Waals surface area (Å²) in [5, 5.41) is 9.33. The Morgan fingerprint density at radius 3 is 1.27 bits per heavy atom. The first-order valence-electron chi connectivity index (χ1n) is 13.8. The number of Topliss-reactive ketones (excluding diaryl/α,β-unsaturated/α-hetero) is 1. The summed E-state index contributed by atoms with van der Waals surface area (Å²) in [5.41, 5.74) is 0. The van der Waals surface area contributed by atoms with Crippen LogP contribution >= 0.6 is 0 Å². The standard InChI is InChI=1S/C13H28O.C9H20.C6H10O/c1-3-5-6-7-8-9-10-11-12-13(14)4-2;1-3-5-7-9-8-6-4-2;7-6-4-2-1-3-5-6/h13-14H,3-12H2,1-2H3;3-9H2,1-2H3;1-5H2. The Balaban J connectivity index is 0. The lowest BCUT2D eigenvalue weighted by molar-refractivity contribution is -0.120. The maximum Gasteiger partial charge on any atom is 0.132 e. The van der Waals surface area contributed by atoms with Gasteiger partial charge in [0.05, 0.1) is 6.10 Å². The van der Waals surface area contributed by atoms with Gasteiger partial charge in [0.1, 0.15) is 5.78 Å². The first kappa shape index (κ1) is 31.8. The van der Waals surface area contributed by atoms with Gasteiger partial charge in [-0.3, -0.25) is 4.79 Å². The van der Waals surface area contributed by atoms with Crippen LogP contribution in [0, 0.1) is 0 Å². The van der Waals surface area contributed by atoms with Crippen molar-refractivity contribution in [1.29, 1.82) is 0 Å². The molecule has 30 heavy (non-hydrogen) atoms. The summed E-state index contributed by atoms with van der Waals surface area (Å²) >= 11 is 0. The smallest absolute Gasteiger partial charge is 0.132 e. The van der Waals surface area contributed by atoms with Crippen LogP contribution in [0.5, 0.6) is 0 Å². The first-order chi connectivity index (χ1) is 14.6. The van der Waals surface area contributed by atoms with E-state index in [1.165, 1.54) is 103 Å². The molecular weight excluding hydrogens is 368 g/mol. The van der Waals surface area contributed by atoms with Crippen molar-refractivity contribution in [2.75, 3.05) is 0 Å². The van der Waals surface area contributed by atoms with Crippen molar-refractivity contribution >= 4 is 5.78 Å². The van der Waals surface area contributed by atoms with Crippen molar-refractivity contribution in [3.05, 3.63) is 0 Å². The molecular formula is C28H58O2. The number of aliphatic hydroxyl groups excluding tert-OH is 1. The Labute approximate surface area is 191 Å². The highest BCUT2D eigenvalue weighted by molar-refractivity contribution is 5.78. The van der Waals surface area contributed by atoms with Gasteiger partial charge in [-0.25, -0.2) is 0 Å². The molecule has 0 aromatic rings. The number of rotatable bonds is 16. The fourth-order valence-corrected chi connectivity index (χ4v) is 3.69. The molecule has 0 aliphatic heterocycles. The molecule has 0 heterocycles. The number of hydrogen-bond acceptors (Lipinski definition) is 2. The molecule has 0 aromatic carbocycles. The third-order valence-electron chi connectivity index (χ3n) is 5.98. The van der Waals surface area contributed by atoms with Crippen LogP contribution in [0.15, 0.2) is 0 Å². The molecule has 0 bridgehead atoms. The van der Waals surface area contributed by atoms with Crippen molar-refractivity contribution in [2.24, 2.45) is 0 Å². The normalized spacial score (nSPS) is 14.4. The maximum absolute atomic E-state index is 10.5. The van der Waals surface area contributed by atoms with E-state index in [1.807, 2.05) is 0 Å². The van der Waals surface area contributed by atoms with Crippen molar-refractivity contribution in [3.63, 3.8) is 0 Å². The molecule has 1 fully saturated rings. The van der Waals surface area contributed by atoms with Crippen LogP contribution in [0.3, 0.4) is 0 Å². The highest BCUT2D eigenvalue weighted by Gasteiger charge is 2.06. The minimum absolute atomic E-state index is 0.0462. The van der Waals surface area contributed by atoms with Gasteiger partial charge in [-0.05, 0) is 25.7 Å². The van der Waals surface area contributed by atoms with Crippen LogP contribution in [0.2, 0.25) is 0 Å². The molecule has 182 valence electrons. The first-order valence-corrected chi connectivity index (χ1v) is 13.8. The molecule has 2 heteroatoms. The summed E-state index contributed by atoms with van der Waals surface area (Å²) < 4.78 is 0. The van der Waals surface area contributed by atoms with Crippen molar-refractivity contribution in [3.8, 4) is 0 Å². The predicted molar refractivity (Wildman–Crippen MR) is 135 cm³/mol. The second kappa shape index (κ2) is 28.6. The monoisotopic (exact) mass is 426 g/mol. The number of carbonyl (C=O) groups is 1. The van der Waals surface area contributed by atoms with E-state index in [-0.39, 0.29) is 6.10 Å². The summed E-state index contributed by atoms with van der Waals surface area (Å²) in [6.07, 6.45) is 27.9. The third kappa shape index (κ3) is 29.8. The largest absolute Gasteiger partial charge is 0.393 e. The Hall–Kier alpha value is -0.370. The summed E-state index contributed by atoms with van der Waals surface area (Å²) in [6, 6.07) is 0. The molecule has 1 aliphatic rings. The molecule has 0 aromatic heterocycles. The zero-order valence-corrected chi connectivity index (χ0v) is 21.5. The Kier molecular flexibility index (Phi) is 30.4. The average Bonchev–Trinajstić information content (AvgIpc) is 2.77. The minimum Gasteiger partial charge on any atom is -0.393 e. The van der Waals surface area contributed by atoms with E-state index in [1.54, 1.807) is 0 Å². The van der Waals surface area contributed by atoms with Gasteiger partial charge in [0.25, 0.3) is 0 Å². The van der Waals surface area contributed by atoms with Crippen LogP contribution in [0.4, 0.5) is 0 Å². The third-order valence-corrected chi connectivity index (χ3v) is 5.98. The van der Waals surface area contributed by atoms with Crippen LogP contribution in [-0.4, -0.2) is 17.0 Å². The van der Waals surface area contributed by atoms with E-state index in [4.69, 9.17) is 0 Å². The molecule has 0 spiro atoms. The summed E-state index contributed by atoms with van der Waals surface area (Å²) in [7, 11) is 0. The topological polar surface area (TPSA) is 37.3 Å². The van der Waals surface area contributed by atoms with E-state index < -0.39 is 0 Å². The molecule has 1 rings (SSSR count). The fraction of sp³-hybridized carbons (Fsp3) is 0.964. The van der Waals surface area contributed by atoms with E-state index >= 15 is 0 Å². The van der Waals surface area contributed by atoms with Gasteiger partial charge in [-0.15, -0.1) is 0 Å². The van der Waals surface area contributed by atoms with E-state index in [0.29, 0.717) is 5.78 Å². The molecule has 0 saturated heterocycles. The lowest BCUT2D eigenvalue weighted by atomic mass is 10.00. The lowest BCUT2D eigenvalue weighted by Crippen LogP contribution is -2.03. The van der Waals surface area contributed by atoms with Crippen molar-refractivity contribution in [1.82, 2.24) is 0 Å². The number of unbranched alkanes of at least 4 members (excludes halogenated alkanes) is 13. The van der Waals surface area contributed by atoms with E-state index in [0.717, 1.165) is 38.5 Å². The molecule has 1 saturated carbocycles. The molecule has 1 N–H and O–H groups in total. The van der Waals surface area contributed by atoms with Gasteiger partial charge in [0.2, 0.25) is 0 Å². The van der Waals surface area contributed by atoms with Crippen LogP contribution < -0.4 is 0 Å². The van der Waals surface area contributed by atoms with Crippen LogP contribution in [0.25, 0.3) is 0 Å². The number of ketones is 1. The highest BCUT2D eigenvalue weighted by atomic mass is 16.3. The molecule has 1 unspecified atom stereocenters. The van der Waals surface area contributed by atoms with Gasteiger partial charge >= 0.3 is 0 Å². The summed E-state index contributed by atoms with van der Waals surface area (Å²) in [5.74, 6) is 0.464. The highest BCUT2D eigenvalue weighted by Crippen LogP contribution is 2.12. The number of aliphatic hydroxyl groups is 1. The van der Waals surface area contributed by atoms with Gasteiger partial charge in [-0.2, -0.15) is 0 Å². The van der Waals surface area contributed by atoms with Gasteiger partial charge in [0.15, 0.2) is 0 Å². The van der Waals surface area contributed by atoms with Gasteiger partial charge in [0, 0.05) is 12.8 Å². The molecule has 0 radical (unpaired) electrons. The SMILES string of the molecule is CCCCCCCCC.CCCCCCCCCCC(O)CC.O=C1CCCCC1.